The maximum atomic E-state index is 12.0. The van der Waals surface area contributed by atoms with E-state index >= 15 is 0 Å². The van der Waals surface area contributed by atoms with Crippen LogP contribution in [-0.4, -0.2) is 38.1 Å². The van der Waals surface area contributed by atoms with Gasteiger partial charge in [0.15, 0.2) is 11.5 Å². The SMILES string of the molecule is COc1ccc(CC(=O)NCCNc2ccc([N+](=O)[O-])cc2)cc1OC. The molecule has 0 unspecified atom stereocenters. The highest BCUT2D eigenvalue weighted by Gasteiger charge is 2.08. The monoisotopic (exact) mass is 359 g/mol. The Morgan fingerprint density at radius 1 is 1.04 bits per heavy atom. The Labute approximate surface area is 151 Å². The first-order valence-electron chi connectivity index (χ1n) is 7.99. The van der Waals surface area contributed by atoms with Crippen molar-refractivity contribution < 1.29 is 19.2 Å². The van der Waals surface area contributed by atoms with Gasteiger partial charge in [-0.25, -0.2) is 0 Å². The summed E-state index contributed by atoms with van der Waals surface area (Å²) < 4.78 is 10.4. The van der Waals surface area contributed by atoms with Crippen LogP contribution in [0.2, 0.25) is 0 Å². The van der Waals surface area contributed by atoms with Gasteiger partial charge in [0.25, 0.3) is 5.69 Å². The van der Waals surface area contributed by atoms with Crippen LogP contribution in [0.5, 0.6) is 11.5 Å². The van der Waals surface area contributed by atoms with Crippen LogP contribution in [0.3, 0.4) is 0 Å². The predicted molar refractivity (Wildman–Crippen MR) is 97.8 cm³/mol. The summed E-state index contributed by atoms with van der Waals surface area (Å²) in [5, 5.41) is 16.5. The fraction of sp³-hybridized carbons (Fsp3) is 0.278. The molecule has 0 aliphatic heterocycles. The molecule has 8 nitrogen and oxygen atoms in total. The van der Waals surface area contributed by atoms with E-state index in [0.717, 1.165) is 11.3 Å². The Morgan fingerprint density at radius 3 is 2.35 bits per heavy atom. The lowest BCUT2D eigenvalue weighted by Gasteiger charge is -2.10. The number of carbonyl (C=O) groups excluding carboxylic acids is 1. The van der Waals surface area contributed by atoms with Gasteiger partial charge in [-0.1, -0.05) is 6.07 Å². The van der Waals surface area contributed by atoms with Gasteiger partial charge in [-0.15, -0.1) is 0 Å². The first kappa shape index (κ1) is 19.0. The first-order valence-corrected chi connectivity index (χ1v) is 7.99. The van der Waals surface area contributed by atoms with E-state index in [-0.39, 0.29) is 18.0 Å². The average Bonchev–Trinajstić information content (AvgIpc) is 2.65. The number of amides is 1. The Morgan fingerprint density at radius 2 is 1.73 bits per heavy atom. The van der Waals surface area contributed by atoms with E-state index in [9.17, 15) is 14.9 Å². The molecule has 0 aliphatic rings. The zero-order chi connectivity index (χ0) is 18.9. The van der Waals surface area contributed by atoms with E-state index in [1.807, 2.05) is 6.07 Å². The van der Waals surface area contributed by atoms with Gasteiger partial charge in [-0.2, -0.15) is 0 Å². The van der Waals surface area contributed by atoms with Gasteiger partial charge in [0.05, 0.1) is 25.6 Å². The second kappa shape index (κ2) is 9.26. The van der Waals surface area contributed by atoms with Gasteiger partial charge < -0.3 is 20.1 Å². The van der Waals surface area contributed by atoms with Crippen LogP contribution >= 0.6 is 0 Å². The summed E-state index contributed by atoms with van der Waals surface area (Å²) in [5.74, 6) is 1.09. The molecule has 0 aromatic heterocycles. The molecule has 0 bridgehead atoms. The van der Waals surface area contributed by atoms with Crippen LogP contribution in [0.25, 0.3) is 0 Å². The molecule has 1 amide bonds. The van der Waals surface area contributed by atoms with Crippen molar-refractivity contribution in [3.63, 3.8) is 0 Å². The lowest BCUT2D eigenvalue weighted by molar-refractivity contribution is -0.384. The Balaban J connectivity index is 1.76. The smallest absolute Gasteiger partial charge is 0.269 e. The third kappa shape index (κ3) is 5.37. The fourth-order valence-corrected chi connectivity index (χ4v) is 2.35. The standard InChI is InChI=1S/C18H21N3O5/c1-25-16-8-3-13(11-17(16)26-2)12-18(22)20-10-9-19-14-4-6-15(7-5-14)21(23)24/h3-8,11,19H,9-10,12H2,1-2H3,(H,20,22). The van der Waals surface area contributed by atoms with Gasteiger partial charge in [0, 0.05) is 30.9 Å². The topological polar surface area (TPSA) is 103 Å². The van der Waals surface area contributed by atoms with Crippen LogP contribution in [0, 0.1) is 10.1 Å². The molecule has 0 saturated heterocycles. The summed E-state index contributed by atoms with van der Waals surface area (Å²) in [5.41, 5.74) is 1.62. The van der Waals surface area contributed by atoms with E-state index in [2.05, 4.69) is 10.6 Å². The number of anilines is 1. The number of nitro groups is 1. The van der Waals surface area contributed by atoms with E-state index in [1.54, 1.807) is 38.5 Å². The van der Waals surface area contributed by atoms with E-state index in [4.69, 9.17) is 9.47 Å². The molecule has 0 atom stereocenters. The third-order valence-electron chi connectivity index (χ3n) is 3.67. The predicted octanol–water partition coefficient (Wildman–Crippen LogP) is 2.38. The van der Waals surface area contributed by atoms with E-state index < -0.39 is 4.92 Å². The molecule has 2 rings (SSSR count). The minimum Gasteiger partial charge on any atom is -0.493 e. The van der Waals surface area contributed by atoms with Crippen LogP contribution in [-0.2, 0) is 11.2 Å². The van der Waals surface area contributed by atoms with Crippen molar-refractivity contribution in [3.8, 4) is 11.5 Å². The number of carbonyl (C=O) groups is 1. The van der Waals surface area contributed by atoms with Crippen LogP contribution in [0.15, 0.2) is 42.5 Å². The summed E-state index contributed by atoms with van der Waals surface area (Å²) in [6, 6.07) is 11.5. The molecular weight excluding hydrogens is 338 g/mol. The number of nitrogens with one attached hydrogen (secondary N) is 2. The zero-order valence-corrected chi connectivity index (χ0v) is 14.7. The van der Waals surface area contributed by atoms with Crippen molar-refractivity contribution in [3.05, 3.63) is 58.1 Å². The van der Waals surface area contributed by atoms with E-state index in [1.165, 1.54) is 12.1 Å². The van der Waals surface area contributed by atoms with Gasteiger partial charge >= 0.3 is 0 Å². The lowest BCUT2D eigenvalue weighted by atomic mass is 10.1. The fourth-order valence-electron chi connectivity index (χ4n) is 2.35. The minimum absolute atomic E-state index is 0.0405. The number of methoxy groups -OCH3 is 2. The first-order chi connectivity index (χ1) is 12.5. The zero-order valence-electron chi connectivity index (χ0n) is 14.7. The van der Waals surface area contributed by atoms with Crippen molar-refractivity contribution in [1.29, 1.82) is 0 Å². The molecule has 0 fully saturated rings. The number of non-ortho nitro benzene ring substituents is 1. The van der Waals surface area contributed by atoms with E-state index in [0.29, 0.717) is 24.6 Å². The van der Waals surface area contributed by atoms with Crippen LogP contribution in [0.4, 0.5) is 11.4 Å². The van der Waals surface area contributed by atoms with Crippen molar-refractivity contribution in [1.82, 2.24) is 5.32 Å². The number of ether oxygens (including phenoxy) is 2. The molecule has 2 aromatic rings. The number of nitrogens with zero attached hydrogens (tertiary/aromatic N) is 1. The highest BCUT2D eigenvalue weighted by molar-refractivity contribution is 5.78. The van der Waals surface area contributed by atoms with Gasteiger partial charge in [-0.3, -0.25) is 14.9 Å². The maximum absolute atomic E-state index is 12.0. The summed E-state index contributed by atoms with van der Waals surface area (Å²) in [7, 11) is 3.10. The normalized spacial score (nSPS) is 10.1. The number of nitro benzene ring substituents is 1. The Bertz CT molecular complexity index is 762. The molecule has 2 N–H and O–H groups in total. The highest BCUT2D eigenvalue weighted by Crippen LogP contribution is 2.27. The lowest BCUT2D eigenvalue weighted by Crippen LogP contribution is -2.30. The second-order valence-corrected chi connectivity index (χ2v) is 5.45. The van der Waals surface area contributed by atoms with Crippen molar-refractivity contribution in [2.45, 2.75) is 6.42 Å². The molecule has 8 heteroatoms. The molecule has 0 spiro atoms. The molecule has 0 heterocycles. The molecule has 26 heavy (non-hydrogen) atoms. The minimum atomic E-state index is -0.446. The number of hydrogen-bond donors (Lipinski definition) is 2. The quantitative estimate of drug-likeness (QED) is 0.405. The average molecular weight is 359 g/mol. The van der Waals surface area contributed by atoms with Crippen molar-refractivity contribution >= 4 is 17.3 Å². The Hall–Kier alpha value is -3.29. The van der Waals surface area contributed by atoms with Crippen molar-refractivity contribution in [2.24, 2.45) is 0 Å². The number of benzene rings is 2. The number of hydrogen-bond acceptors (Lipinski definition) is 6. The third-order valence-corrected chi connectivity index (χ3v) is 3.67. The van der Waals surface area contributed by atoms with Gasteiger partial charge in [-0.05, 0) is 29.8 Å². The largest absolute Gasteiger partial charge is 0.493 e. The Kier molecular flexibility index (Phi) is 6.78. The highest BCUT2D eigenvalue weighted by atomic mass is 16.6. The second-order valence-electron chi connectivity index (χ2n) is 5.45. The van der Waals surface area contributed by atoms with Crippen LogP contribution < -0.4 is 20.1 Å². The molecule has 138 valence electrons. The maximum Gasteiger partial charge on any atom is 0.269 e. The molecule has 0 radical (unpaired) electrons. The summed E-state index contributed by atoms with van der Waals surface area (Å²) >= 11 is 0. The molecule has 0 saturated carbocycles. The van der Waals surface area contributed by atoms with Crippen molar-refractivity contribution in [2.75, 3.05) is 32.6 Å². The summed E-state index contributed by atoms with van der Waals surface area (Å²) in [6.45, 7) is 0.943. The van der Waals surface area contributed by atoms with Gasteiger partial charge in [0.2, 0.25) is 5.91 Å². The summed E-state index contributed by atoms with van der Waals surface area (Å²) in [6.07, 6.45) is 0.234. The van der Waals surface area contributed by atoms with Gasteiger partial charge in [0.1, 0.15) is 0 Å². The molecule has 2 aromatic carbocycles. The van der Waals surface area contributed by atoms with Crippen LogP contribution in [0.1, 0.15) is 5.56 Å². The molecular formula is C18H21N3O5. The summed E-state index contributed by atoms with van der Waals surface area (Å²) in [4.78, 5) is 22.2. The number of rotatable bonds is 9. The molecule has 0 aliphatic carbocycles.